The Balaban J connectivity index is 4.36. The lowest BCUT2D eigenvalue weighted by atomic mass is 9.98. The molecule has 2 unspecified atom stereocenters. The van der Waals surface area contributed by atoms with Crippen molar-refractivity contribution in [3.05, 3.63) is 0 Å². The Bertz CT molecular complexity index is 145. The smallest absolute Gasteiger partial charge is 0.238 e. The molecule has 0 aromatic heterocycles. The van der Waals surface area contributed by atoms with Crippen molar-refractivity contribution in [2.24, 2.45) is 5.73 Å². The minimum Gasteiger partial charge on any atom is -0.376 e. The van der Waals surface area contributed by atoms with Crippen molar-refractivity contribution in [1.82, 2.24) is 0 Å². The van der Waals surface area contributed by atoms with Gasteiger partial charge in [0.15, 0.2) is 0 Å². The van der Waals surface area contributed by atoms with Gasteiger partial charge in [0.2, 0.25) is 5.91 Å². The second-order valence-corrected chi connectivity index (χ2v) is 3.07. The SMILES string of the molecule is CCC(C)(OC)C(Cl)C(N)=O. The molecule has 3 nitrogen and oxygen atoms in total. The third-order valence-electron chi connectivity index (χ3n) is 1.95. The third-order valence-corrected chi connectivity index (χ3v) is 2.63. The summed E-state index contributed by atoms with van der Waals surface area (Å²) < 4.78 is 5.08. The summed E-state index contributed by atoms with van der Waals surface area (Å²) in [5, 5.41) is -0.766. The third kappa shape index (κ3) is 2.34. The molecule has 0 bridgehead atoms. The molecular formula is C7H14ClNO2. The van der Waals surface area contributed by atoms with Crippen molar-refractivity contribution >= 4 is 17.5 Å². The zero-order valence-electron chi connectivity index (χ0n) is 7.06. The number of carbonyl (C=O) groups excluding carboxylic acids is 1. The average Bonchev–Trinajstić information content (AvgIpc) is 2.01. The van der Waals surface area contributed by atoms with Crippen molar-refractivity contribution in [2.45, 2.75) is 31.2 Å². The maximum Gasteiger partial charge on any atom is 0.238 e. The number of nitrogens with two attached hydrogens (primary N) is 1. The van der Waals surface area contributed by atoms with E-state index in [1.54, 1.807) is 6.92 Å². The van der Waals surface area contributed by atoms with Crippen LogP contribution in [0.2, 0.25) is 0 Å². The summed E-state index contributed by atoms with van der Waals surface area (Å²) in [5.74, 6) is -0.544. The van der Waals surface area contributed by atoms with Crippen LogP contribution in [0.5, 0.6) is 0 Å². The quantitative estimate of drug-likeness (QED) is 0.652. The Morgan fingerprint density at radius 3 is 2.36 bits per heavy atom. The maximum atomic E-state index is 10.7. The fourth-order valence-electron chi connectivity index (χ4n) is 0.728. The molecule has 0 heterocycles. The molecular weight excluding hydrogens is 166 g/mol. The molecule has 0 radical (unpaired) electrons. The number of methoxy groups -OCH3 is 1. The Morgan fingerprint density at radius 2 is 2.27 bits per heavy atom. The highest BCUT2D eigenvalue weighted by molar-refractivity contribution is 6.31. The van der Waals surface area contributed by atoms with E-state index in [4.69, 9.17) is 22.1 Å². The number of ether oxygens (including phenoxy) is 1. The lowest BCUT2D eigenvalue weighted by Gasteiger charge is -2.29. The Hall–Kier alpha value is -0.280. The molecule has 0 saturated heterocycles. The molecule has 2 atom stereocenters. The van der Waals surface area contributed by atoms with Crippen LogP contribution >= 0.6 is 11.6 Å². The van der Waals surface area contributed by atoms with Crippen LogP contribution < -0.4 is 5.73 Å². The van der Waals surface area contributed by atoms with E-state index in [0.29, 0.717) is 6.42 Å². The first-order valence-electron chi connectivity index (χ1n) is 3.46. The van der Waals surface area contributed by atoms with E-state index in [2.05, 4.69) is 0 Å². The van der Waals surface area contributed by atoms with Gasteiger partial charge in [0.25, 0.3) is 0 Å². The molecule has 0 aromatic carbocycles. The van der Waals surface area contributed by atoms with E-state index in [0.717, 1.165) is 0 Å². The van der Waals surface area contributed by atoms with Gasteiger partial charge in [0.1, 0.15) is 5.38 Å². The molecule has 11 heavy (non-hydrogen) atoms. The highest BCUT2D eigenvalue weighted by Gasteiger charge is 2.34. The van der Waals surface area contributed by atoms with E-state index in [-0.39, 0.29) is 0 Å². The summed E-state index contributed by atoms with van der Waals surface area (Å²) in [7, 11) is 1.52. The highest BCUT2D eigenvalue weighted by atomic mass is 35.5. The van der Waals surface area contributed by atoms with Gasteiger partial charge in [0.05, 0.1) is 5.60 Å². The number of primary amides is 1. The van der Waals surface area contributed by atoms with Gasteiger partial charge in [-0.25, -0.2) is 0 Å². The lowest BCUT2D eigenvalue weighted by Crippen LogP contribution is -2.45. The van der Waals surface area contributed by atoms with Crippen LogP contribution in [0.25, 0.3) is 0 Å². The zero-order valence-corrected chi connectivity index (χ0v) is 7.81. The number of amides is 1. The van der Waals surface area contributed by atoms with Gasteiger partial charge in [-0.1, -0.05) is 6.92 Å². The fourth-order valence-corrected chi connectivity index (χ4v) is 0.971. The predicted octanol–water partition coefficient (Wildman–Crippen LogP) is 0.894. The van der Waals surface area contributed by atoms with Gasteiger partial charge >= 0.3 is 0 Å². The monoisotopic (exact) mass is 179 g/mol. The first kappa shape index (κ1) is 10.7. The first-order chi connectivity index (χ1) is 4.98. The standard InChI is InChI=1S/C7H14ClNO2/c1-4-7(2,11-3)5(8)6(9)10/h5H,4H2,1-3H3,(H2,9,10). The van der Waals surface area contributed by atoms with Crippen LogP contribution in [0, 0.1) is 0 Å². The van der Waals surface area contributed by atoms with Gasteiger partial charge < -0.3 is 10.5 Å². The maximum absolute atomic E-state index is 10.7. The average molecular weight is 180 g/mol. The van der Waals surface area contributed by atoms with Crippen LogP contribution in [0.4, 0.5) is 0 Å². The zero-order chi connectivity index (χ0) is 9.07. The Morgan fingerprint density at radius 1 is 1.82 bits per heavy atom. The van der Waals surface area contributed by atoms with E-state index >= 15 is 0 Å². The van der Waals surface area contributed by atoms with Crippen LogP contribution in [-0.2, 0) is 9.53 Å². The minimum atomic E-state index is -0.766. The molecule has 0 rings (SSSR count). The van der Waals surface area contributed by atoms with Crippen molar-refractivity contribution in [3.8, 4) is 0 Å². The van der Waals surface area contributed by atoms with E-state index in [1.165, 1.54) is 7.11 Å². The summed E-state index contributed by atoms with van der Waals surface area (Å²) in [5.41, 5.74) is 4.38. The normalized spacial score (nSPS) is 18.9. The Labute approximate surface area is 71.8 Å². The molecule has 0 saturated carbocycles. The molecule has 66 valence electrons. The number of halogens is 1. The highest BCUT2D eigenvalue weighted by Crippen LogP contribution is 2.23. The fraction of sp³-hybridized carbons (Fsp3) is 0.857. The van der Waals surface area contributed by atoms with Gasteiger partial charge in [0, 0.05) is 7.11 Å². The van der Waals surface area contributed by atoms with Crippen molar-refractivity contribution in [1.29, 1.82) is 0 Å². The van der Waals surface area contributed by atoms with E-state index < -0.39 is 16.9 Å². The molecule has 0 aliphatic heterocycles. The topological polar surface area (TPSA) is 52.3 Å². The number of alkyl halides is 1. The van der Waals surface area contributed by atoms with Gasteiger partial charge in [-0.05, 0) is 13.3 Å². The van der Waals surface area contributed by atoms with Gasteiger partial charge in [-0.3, -0.25) is 4.79 Å². The predicted molar refractivity (Wildman–Crippen MR) is 44.5 cm³/mol. The van der Waals surface area contributed by atoms with Crippen molar-refractivity contribution in [2.75, 3.05) is 7.11 Å². The minimum absolute atomic E-state index is 0.544. The molecule has 1 amide bonds. The molecule has 0 aliphatic carbocycles. The number of rotatable bonds is 4. The van der Waals surface area contributed by atoms with E-state index in [1.807, 2.05) is 6.92 Å². The summed E-state index contributed by atoms with van der Waals surface area (Å²) in [4.78, 5) is 10.7. The Kier molecular flexibility index (Phi) is 3.83. The van der Waals surface area contributed by atoms with Crippen LogP contribution in [-0.4, -0.2) is 24.0 Å². The molecule has 0 fully saturated rings. The molecule has 0 aromatic rings. The number of hydrogen-bond donors (Lipinski definition) is 1. The summed E-state index contributed by atoms with van der Waals surface area (Å²) >= 11 is 5.72. The van der Waals surface area contributed by atoms with Gasteiger partial charge in [-0.2, -0.15) is 0 Å². The summed E-state index contributed by atoms with van der Waals surface area (Å²) in [6, 6.07) is 0. The van der Waals surface area contributed by atoms with Crippen molar-refractivity contribution in [3.63, 3.8) is 0 Å². The second kappa shape index (κ2) is 3.93. The molecule has 2 N–H and O–H groups in total. The molecule has 0 spiro atoms. The second-order valence-electron chi connectivity index (χ2n) is 2.64. The van der Waals surface area contributed by atoms with Crippen LogP contribution in [0.1, 0.15) is 20.3 Å². The summed E-state index contributed by atoms with van der Waals surface area (Å²) in [6.07, 6.45) is 0.653. The van der Waals surface area contributed by atoms with Gasteiger partial charge in [-0.15, -0.1) is 11.6 Å². The first-order valence-corrected chi connectivity index (χ1v) is 3.90. The molecule has 4 heteroatoms. The van der Waals surface area contributed by atoms with Crippen LogP contribution in [0.15, 0.2) is 0 Å². The number of hydrogen-bond acceptors (Lipinski definition) is 2. The number of carbonyl (C=O) groups is 1. The van der Waals surface area contributed by atoms with E-state index in [9.17, 15) is 4.79 Å². The molecule has 0 aliphatic rings. The lowest BCUT2D eigenvalue weighted by molar-refractivity contribution is -0.123. The summed E-state index contributed by atoms with van der Waals surface area (Å²) in [6.45, 7) is 3.65. The largest absolute Gasteiger partial charge is 0.376 e. The van der Waals surface area contributed by atoms with Crippen LogP contribution in [0.3, 0.4) is 0 Å². The van der Waals surface area contributed by atoms with Crippen molar-refractivity contribution < 1.29 is 9.53 Å².